The normalized spacial score (nSPS) is 11.5. The van der Waals surface area contributed by atoms with Crippen LogP contribution >= 0.6 is 0 Å². The van der Waals surface area contributed by atoms with Gasteiger partial charge < -0.3 is 14.8 Å². The molecule has 1 aromatic carbocycles. The van der Waals surface area contributed by atoms with Crippen molar-refractivity contribution in [3.8, 4) is 11.6 Å². The number of benzene rings is 1. The van der Waals surface area contributed by atoms with Gasteiger partial charge in [0.15, 0.2) is 5.52 Å². The Kier molecular flexibility index (Phi) is 3.64. The topological polar surface area (TPSA) is 82.3 Å². The highest BCUT2D eigenvalue weighted by Crippen LogP contribution is 2.30. The lowest BCUT2D eigenvalue weighted by atomic mass is 10.3. The number of anilines is 2. The van der Waals surface area contributed by atoms with Crippen molar-refractivity contribution in [3.63, 3.8) is 0 Å². The van der Waals surface area contributed by atoms with Crippen LogP contribution in [-0.2, 0) is 0 Å². The maximum absolute atomic E-state index is 12.1. The maximum Gasteiger partial charge on any atom is 0.573 e. The Morgan fingerprint density at radius 2 is 1.87 bits per heavy atom. The van der Waals surface area contributed by atoms with Crippen molar-refractivity contribution in [2.45, 2.75) is 6.36 Å². The summed E-state index contributed by atoms with van der Waals surface area (Å²) in [5, 5.41) is 10.2. The number of nitrogens with zero attached hydrogens (tertiary/aromatic N) is 3. The number of methoxy groups -OCH3 is 1. The van der Waals surface area contributed by atoms with Gasteiger partial charge in [-0.2, -0.15) is 4.98 Å². The SMILES string of the molecule is COc1nc2nonc2cc1Nc1ccc(OC(F)(F)F)cc1. The van der Waals surface area contributed by atoms with Crippen molar-refractivity contribution in [1.29, 1.82) is 0 Å². The molecule has 0 radical (unpaired) electrons. The van der Waals surface area contributed by atoms with E-state index in [1.165, 1.54) is 31.4 Å². The van der Waals surface area contributed by atoms with E-state index in [9.17, 15) is 13.2 Å². The van der Waals surface area contributed by atoms with Crippen LogP contribution in [0.4, 0.5) is 24.5 Å². The Bertz CT molecular complexity index is 817. The van der Waals surface area contributed by atoms with Gasteiger partial charge in [-0.1, -0.05) is 0 Å². The number of alkyl halides is 3. The molecule has 1 N–H and O–H groups in total. The first-order valence-electron chi connectivity index (χ1n) is 6.25. The van der Waals surface area contributed by atoms with Crippen LogP contribution in [-0.4, -0.2) is 28.8 Å². The van der Waals surface area contributed by atoms with E-state index in [0.717, 1.165) is 0 Å². The zero-order valence-corrected chi connectivity index (χ0v) is 11.6. The van der Waals surface area contributed by atoms with E-state index in [2.05, 4.69) is 30.0 Å². The second-order valence-corrected chi connectivity index (χ2v) is 4.35. The van der Waals surface area contributed by atoms with Gasteiger partial charge >= 0.3 is 6.36 Å². The quantitative estimate of drug-likeness (QED) is 0.788. The number of pyridine rings is 1. The van der Waals surface area contributed by atoms with Gasteiger partial charge in [-0.05, 0) is 34.6 Å². The summed E-state index contributed by atoms with van der Waals surface area (Å²) in [4.78, 5) is 4.09. The summed E-state index contributed by atoms with van der Waals surface area (Å²) >= 11 is 0. The molecular weight excluding hydrogens is 317 g/mol. The van der Waals surface area contributed by atoms with E-state index in [4.69, 9.17) is 4.74 Å². The highest BCUT2D eigenvalue weighted by molar-refractivity contribution is 5.78. The molecular formula is C13H9F3N4O3. The second kappa shape index (κ2) is 5.63. The predicted octanol–water partition coefficient (Wildman–Crippen LogP) is 3.27. The first kappa shape index (κ1) is 14.9. The van der Waals surface area contributed by atoms with Crippen LogP contribution in [0.3, 0.4) is 0 Å². The number of rotatable bonds is 4. The Morgan fingerprint density at radius 1 is 1.13 bits per heavy atom. The van der Waals surface area contributed by atoms with E-state index in [1.807, 2.05) is 0 Å². The lowest BCUT2D eigenvalue weighted by Gasteiger charge is -2.11. The minimum absolute atomic E-state index is 0.240. The lowest BCUT2D eigenvalue weighted by molar-refractivity contribution is -0.274. The van der Waals surface area contributed by atoms with Crippen LogP contribution in [0.1, 0.15) is 0 Å². The number of nitrogens with one attached hydrogen (secondary N) is 1. The third kappa shape index (κ3) is 3.42. The van der Waals surface area contributed by atoms with Crippen molar-refractivity contribution >= 4 is 22.5 Å². The Labute approximate surface area is 127 Å². The fraction of sp³-hybridized carbons (Fsp3) is 0.154. The molecule has 2 aromatic heterocycles. The molecule has 3 rings (SSSR count). The zero-order valence-electron chi connectivity index (χ0n) is 11.6. The van der Waals surface area contributed by atoms with Crippen molar-refractivity contribution in [2.24, 2.45) is 0 Å². The van der Waals surface area contributed by atoms with E-state index in [-0.39, 0.29) is 17.3 Å². The number of ether oxygens (including phenoxy) is 2. The Balaban J connectivity index is 1.84. The summed E-state index contributed by atoms with van der Waals surface area (Å²) in [6, 6.07) is 6.81. The average Bonchev–Trinajstić information content (AvgIpc) is 2.94. The van der Waals surface area contributed by atoms with E-state index < -0.39 is 6.36 Å². The summed E-state index contributed by atoms with van der Waals surface area (Å²) in [5.74, 6) is -0.0758. The maximum atomic E-state index is 12.1. The van der Waals surface area contributed by atoms with Gasteiger partial charge in [-0.3, -0.25) is 0 Å². The van der Waals surface area contributed by atoms with E-state index in [0.29, 0.717) is 16.9 Å². The van der Waals surface area contributed by atoms with Crippen molar-refractivity contribution in [2.75, 3.05) is 12.4 Å². The van der Waals surface area contributed by atoms with Crippen molar-refractivity contribution in [1.82, 2.24) is 15.3 Å². The standard InChI is InChI=1S/C13H9F3N4O3/c1-21-12-10(6-9-11(18-12)20-23-19-9)17-7-2-4-8(5-3-7)22-13(14,15)16/h2-6,17H,1H3. The molecule has 23 heavy (non-hydrogen) atoms. The van der Waals surface area contributed by atoms with Gasteiger partial charge in [0.2, 0.25) is 11.5 Å². The minimum Gasteiger partial charge on any atom is -0.479 e. The molecule has 0 unspecified atom stereocenters. The van der Waals surface area contributed by atoms with Gasteiger partial charge in [0.05, 0.1) is 7.11 Å². The van der Waals surface area contributed by atoms with Crippen LogP contribution < -0.4 is 14.8 Å². The molecule has 0 spiro atoms. The summed E-state index contributed by atoms with van der Waals surface area (Å²) in [7, 11) is 1.42. The van der Waals surface area contributed by atoms with Gasteiger partial charge in [-0.25, -0.2) is 4.63 Å². The highest BCUT2D eigenvalue weighted by atomic mass is 19.4. The highest BCUT2D eigenvalue weighted by Gasteiger charge is 2.30. The van der Waals surface area contributed by atoms with Crippen LogP contribution in [0.25, 0.3) is 11.2 Å². The molecule has 7 nitrogen and oxygen atoms in total. The third-order valence-corrected chi connectivity index (χ3v) is 2.77. The molecule has 0 amide bonds. The van der Waals surface area contributed by atoms with Crippen LogP contribution in [0.5, 0.6) is 11.6 Å². The predicted molar refractivity (Wildman–Crippen MR) is 72.6 cm³/mol. The number of hydrogen-bond acceptors (Lipinski definition) is 7. The molecule has 0 aliphatic heterocycles. The molecule has 0 aliphatic carbocycles. The molecule has 0 fully saturated rings. The number of fused-ring (bicyclic) bond motifs is 1. The van der Waals surface area contributed by atoms with Gasteiger partial charge in [-0.15, -0.1) is 13.2 Å². The zero-order chi connectivity index (χ0) is 16.4. The summed E-state index contributed by atoms with van der Waals surface area (Å²) in [5.41, 5.74) is 1.65. The van der Waals surface area contributed by atoms with Crippen molar-refractivity contribution < 1.29 is 27.3 Å². The molecule has 0 saturated heterocycles. The summed E-state index contributed by atoms with van der Waals surface area (Å²) in [6.07, 6.45) is -4.73. The molecule has 3 aromatic rings. The molecule has 0 saturated carbocycles. The van der Waals surface area contributed by atoms with Crippen LogP contribution in [0.2, 0.25) is 0 Å². The molecule has 120 valence electrons. The fourth-order valence-electron chi connectivity index (χ4n) is 1.85. The molecule has 0 bridgehead atoms. The Hall–Kier alpha value is -3.04. The van der Waals surface area contributed by atoms with Gasteiger partial charge in [0.25, 0.3) is 0 Å². The first-order chi connectivity index (χ1) is 10.9. The lowest BCUT2D eigenvalue weighted by Crippen LogP contribution is -2.16. The fourth-order valence-corrected chi connectivity index (χ4v) is 1.85. The molecule has 2 heterocycles. The number of halogens is 3. The molecule has 10 heteroatoms. The van der Waals surface area contributed by atoms with Crippen molar-refractivity contribution in [3.05, 3.63) is 30.3 Å². The first-order valence-corrected chi connectivity index (χ1v) is 6.25. The smallest absolute Gasteiger partial charge is 0.479 e. The number of hydrogen-bond donors (Lipinski definition) is 1. The monoisotopic (exact) mass is 326 g/mol. The van der Waals surface area contributed by atoms with Crippen LogP contribution in [0.15, 0.2) is 35.0 Å². The molecule has 0 aliphatic rings. The average molecular weight is 326 g/mol. The summed E-state index contributed by atoms with van der Waals surface area (Å²) < 4.78 is 49.9. The third-order valence-electron chi connectivity index (χ3n) is 2.77. The second-order valence-electron chi connectivity index (χ2n) is 4.35. The number of aromatic nitrogens is 3. The molecule has 0 atom stereocenters. The Morgan fingerprint density at radius 3 is 2.52 bits per heavy atom. The van der Waals surface area contributed by atoms with Gasteiger partial charge in [0, 0.05) is 11.8 Å². The minimum atomic E-state index is -4.73. The van der Waals surface area contributed by atoms with Gasteiger partial charge in [0.1, 0.15) is 11.4 Å². The summed E-state index contributed by atoms with van der Waals surface area (Å²) in [6.45, 7) is 0. The largest absolute Gasteiger partial charge is 0.573 e. The van der Waals surface area contributed by atoms with Crippen LogP contribution in [0, 0.1) is 0 Å². The van der Waals surface area contributed by atoms with E-state index in [1.54, 1.807) is 6.07 Å². The van der Waals surface area contributed by atoms with E-state index >= 15 is 0 Å².